The summed E-state index contributed by atoms with van der Waals surface area (Å²) in [6.07, 6.45) is -0.144. The molecule has 0 fully saturated rings. The van der Waals surface area contributed by atoms with Crippen LogP contribution >= 0.6 is 0 Å². The largest absolute Gasteiger partial charge is 0.550 e. The zero-order valence-electron chi connectivity index (χ0n) is 11.7. The van der Waals surface area contributed by atoms with Gasteiger partial charge >= 0.3 is 0 Å². The van der Waals surface area contributed by atoms with E-state index in [1.165, 1.54) is 19.2 Å². The minimum absolute atomic E-state index is 0.00863. The third-order valence-electron chi connectivity index (χ3n) is 2.97. The van der Waals surface area contributed by atoms with E-state index in [2.05, 4.69) is 0 Å². The third kappa shape index (κ3) is 4.27. The molecule has 0 N–H and O–H groups in total. The molecule has 1 rings (SSSR count). The maximum Gasteiger partial charge on any atom is 0.243 e. The van der Waals surface area contributed by atoms with Gasteiger partial charge in [-0.05, 0) is 37.0 Å². The number of nitrogens with zero attached hydrogens (tertiary/aromatic N) is 1. The summed E-state index contributed by atoms with van der Waals surface area (Å²) < 4.78 is 25.7. The third-order valence-corrected chi connectivity index (χ3v) is 4.96. The lowest BCUT2D eigenvalue weighted by Gasteiger charge is -2.19. The molecule has 0 aliphatic carbocycles. The van der Waals surface area contributed by atoms with Crippen LogP contribution in [0.1, 0.15) is 28.8 Å². The minimum Gasteiger partial charge on any atom is -0.550 e. The van der Waals surface area contributed by atoms with Gasteiger partial charge in [-0.3, -0.25) is 0 Å². The Morgan fingerprint density at radius 3 is 2.38 bits per heavy atom. The highest BCUT2D eigenvalue weighted by molar-refractivity contribution is 7.89. The van der Waals surface area contributed by atoms with Gasteiger partial charge in [0.1, 0.15) is 0 Å². The molecule has 1 aromatic carbocycles. The van der Waals surface area contributed by atoms with Crippen molar-refractivity contribution in [2.24, 2.45) is 0 Å². The molecule has 7 nitrogen and oxygen atoms in total. The van der Waals surface area contributed by atoms with Crippen LogP contribution in [0.25, 0.3) is 0 Å². The number of aromatic carboxylic acids is 1. The summed E-state index contributed by atoms with van der Waals surface area (Å²) >= 11 is 0. The number of hydrogen-bond donors (Lipinski definition) is 0. The monoisotopic (exact) mass is 313 g/mol. The maximum atomic E-state index is 12.4. The van der Waals surface area contributed by atoms with E-state index in [0.717, 1.165) is 10.4 Å². The van der Waals surface area contributed by atoms with Crippen LogP contribution in [0.2, 0.25) is 0 Å². The summed E-state index contributed by atoms with van der Waals surface area (Å²) in [6, 6.07) is 3.68. The van der Waals surface area contributed by atoms with Gasteiger partial charge in [0.25, 0.3) is 0 Å². The number of rotatable bonds is 7. The maximum absolute atomic E-state index is 12.4. The number of sulfonamides is 1. The summed E-state index contributed by atoms with van der Waals surface area (Å²) in [6.45, 7) is 1.53. The molecule has 0 aromatic heterocycles. The van der Waals surface area contributed by atoms with E-state index in [1.807, 2.05) is 0 Å². The van der Waals surface area contributed by atoms with Crippen LogP contribution in [0.15, 0.2) is 23.1 Å². The fraction of sp³-hybridized carbons (Fsp3) is 0.385. The van der Waals surface area contributed by atoms with Gasteiger partial charge < -0.3 is 19.8 Å². The van der Waals surface area contributed by atoms with Gasteiger partial charge in [0.2, 0.25) is 10.0 Å². The molecule has 116 valence electrons. The molecule has 0 atom stereocenters. The molecule has 0 unspecified atom stereocenters. The number of hydrogen-bond acceptors (Lipinski definition) is 6. The Bertz CT molecular complexity index is 653. The fourth-order valence-corrected chi connectivity index (χ4v) is 3.20. The van der Waals surface area contributed by atoms with Crippen LogP contribution in [0, 0.1) is 6.92 Å². The number of aliphatic carboxylic acids is 1. The zero-order chi connectivity index (χ0) is 16.2. The average molecular weight is 313 g/mol. The summed E-state index contributed by atoms with van der Waals surface area (Å²) in [5.74, 6) is -2.72. The Balaban J connectivity index is 3.04. The average Bonchev–Trinajstić information content (AvgIpc) is 2.37. The van der Waals surface area contributed by atoms with Gasteiger partial charge in [-0.1, -0.05) is 12.1 Å². The Labute approximate surface area is 122 Å². The van der Waals surface area contributed by atoms with Gasteiger partial charge in [-0.2, -0.15) is 0 Å². The van der Waals surface area contributed by atoms with E-state index < -0.39 is 22.0 Å². The van der Waals surface area contributed by atoms with Crippen LogP contribution in [0.5, 0.6) is 0 Å². The molecule has 0 radical (unpaired) electrons. The molecule has 0 aliphatic rings. The molecule has 0 heterocycles. The second-order valence-corrected chi connectivity index (χ2v) is 6.58. The van der Waals surface area contributed by atoms with E-state index in [9.17, 15) is 28.2 Å². The molecule has 1 aromatic rings. The standard InChI is InChI=1S/C13H17NO6S/c1-9-5-6-10(13(17)18)8-11(9)21(19,20)14(2)7-3-4-12(15)16/h5-6,8H,3-4,7H2,1-2H3,(H,15,16)(H,17,18)/p-2. The first-order valence-corrected chi connectivity index (χ1v) is 7.58. The van der Waals surface area contributed by atoms with E-state index in [0.29, 0.717) is 5.56 Å². The number of carbonyl (C=O) groups is 2. The van der Waals surface area contributed by atoms with Crippen molar-refractivity contribution in [3.63, 3.8) is 0 Å². The lowest BCUT2D eigenvalue weighted by Crippen LogP contribution is -2.31. The molecular weight excluding hydrogens is 298 g/mol. The zero-order valence-corrected chi connectivity index (χ0v) is 12.5. The smallest absolute Gasteiger partial charge is 0.243 e. The second-order valence-electron chi connectivity index (χ2n) is 4.57. The lowest BCUT2D eigenvalue weighted by molar-refractivity contribution is -0.305. The van der Waals surface area contributed by atoms with Crippen molar-refractivity contribution in [2.75, 3.05) is 13.6 Å². The quantitative estimate of drug-likeness (QED) is 0.605. The Morgan fingerprint density at radius 2 is 1.86 bits per heavy atom. The highest BCUT2D eigenvalue weighted by Gasteiger charge is 2.22. The molecule has 21 heavy (non-hydrogen) atoms. The van der Waals surface area contributed by atoms with Crippen LogP contribution in [0.4, 0.5) is 0 Å². The van der Waals surface area contributed by atoms with E-state index in [4.69, 9.17) is 0 Å². The predicted molar refractivity (Wildman–Crippen MR) is 69.6 cm³/mol. The summed E-state index contributed by atoms with van der Waals surface area (Å²) in [7, 11) is -2.59. The highest BCUT2D eigenvalue weighted by atomic mass is 32.2. The van der Waals surface area contributed by atoms with Crippen molar-refractivity contribution < 1.29 is 28.2 Å². The molecule has 0 saturated carbocycles. The summed E-state index contributed by atoms with van der Waals surface area (Å²) in [5.41, 5.74) is 0.161. The lowest BCUT2D eigenvalue weighted by atomic mass is 10.1. The molecule has 0 bridgehead atoms. The van der Waals surface area contributed by atoms with Gasteiger partial charge in [0.05, 0.1) is 10.9 Å². The molecule has 0 saturated heterocycles. The van der Waals surface area contributed by atoms with Crippen molar-refractivity contribution in [1.29, 1.82) is 0 Å². The van der Waals surface area contributed by atoms with E-state index in [-0.39, 0.29) is 29.8 Å². The van der Waals surface area contributed by atoms with Crippen molar-refractivity contribution in [2.45, 2.75) is 24.7 Å². The summed E-state index contributed by atoms with van der Waals surface area (Å²) in [5, 5.41) is 21.1. The first-order chi connectivity index (χ1) is 9.66. The van der Waals surface area contributed by atoms with Crippen molar-refractivity contribution in [1.82, 2.24) is 4.31 Å². The van der Waals surface area contributed by atoms with Crippen LogP contribution in [-0.4, -0.2) is 38.3 Å². The molecule has 0 aliphatic heterocycles. The van der Waals surface area contributed by atoms with Crippen LogP contribution in [-0.2, 0) is 14.8 Å². The predicted octanol–water partition coefficient (Wildman–Crippen LogP) is -1.49. The molecule has 0 spiro atoms. The number of aryl methyl sites for hydroxylation is 1. The Morgan fingerprint density at radius 1 is 1.24 bits per heavy atom. The molecular formula is C13H15NO6S-2. The number of carboxylic acid groups (broad SMARTS) is 2. The highest BCUT2D eigenvalue weighted by Crippen LogP contribution is 2.20. The minimum atomic E-state index is -3.89. The second kappa shape index (κ2) is 6.68. The van der Waals surface area contributed by atoms with Crippen molar-refractivity contribution >= 4 is 22.0 Å². The number of benzene rings is 1. The van der Waals surface area contributed by atoms with Gasteiger partial charge in [0, 0.05) is 19.6 Å². The van der Waals surface area contributed by atoms with Crippen molar-refractivity contribution in [3.8, 4) is 0 Å². The molecule has 0 amide bonds. The Kier molecular flexibility index (Phi) is 5.45. The topological polar surface area (TPSA) is 118 Å². The number of carbonyl (C=O) groups excluding carboxylic acids is 2. The normalized spacial score (nSPS) is 11.6. The number of carboxylic acids is 2. The van der Waals surface area contributed by atoms with Crippen LogP contribution in [0.3, 0.4) is 0 Å². The van der Waals surface area contributed by atoms with Gasteiger partial charge in [0.15, 0.2) is 0 Å². The fourth-order valence-electron chi connectivity index (χ4n) is 1.74. The van der Waals surface area contributed by atoms with E-state index >= 15 is 0 Å². The summed E-state index contributed by atoms with van der Waals surface area (Å²) in [4.78, 5) is 21.0. The first-order valence-electron chi connectivity index (χ1n) is 6.14. The molecule has 8 heteroatoms. The first kappa shape index (κ1) is 17.1. The Hall–Kier alpha value is -1.93. The van der Waals surface area contributed by atoms with Crippen LogP contribution < -0.4 is 10.2 Å². The van der Waals surface area contributed by atoms with E-state index in [1.54, 1.807) is 6.92 Å². The van der Waals surface area contributed by atoms with Gasteiger partial charge in [-0.25, -0.2) is 12.7 Å². The van der Waals surface area contributed by atoms with Gasteiger partial charge in [-0.15, -0.1) is 0 Å². The van der Waals surface area contributed by atoms with Crippen molar-refractivity contribution in [3.05, 3.63) is 29.3 Å². The SMILES string of the molecule is Cc1ccc(C(=O)[O-])cc1S(=O)(=O)N(C)CCCC(=O)[O-].